The first-order valence-electron chi connectivity index (χ1n) is 17.2. The molecule has 258 valence electrons. The van der Waals surface area contributed by atoms with Crippen LogP contribution >= 0.6 is 0 Å². The second kappa shape index (κ2) is 13.6. The average Bonchev–Trinajstić information content (AvgIpc) is 3.17. The predicted octanol–water partition coefficient (Wildman–Crippen LogP) is 7.72. The number of urea groups is 1. The van der Waals surface area contributed by atoms with E-state index in [4.69, 9.17) is 4.74 Å². The third-order valence-electron chi connectivity index (χ3n) is 10.1. The van der Waals surface area contributed by atoms with Crippen molar-refractivity contribution in [2.24, 2.45) is 0 Å². The highest BCUT2D eigenvalue weighted by atomic mass is 16.6. The molecule has 2 atom stereocenters. The van der Waals surface area contributed by atoms with E-state index in [9.17, 15) is 24.5 Å². The van der Waals surface area contributed by atoms with Crippen molar-refractivity contribution in [2.75, 3.05) is 22.9 Å². The van der Waals surface area contributed by atoms with Gasteiger partial charge in [0.25, 0.3) is 17.5 Å². The number of hydrogen-bond acceptors (Lipinski definition) is 7. The molecule has 1 N–H and O–H groups in total. The number of non-ortho nitro benzene ring substituents is 1. The Hall–Kier alpha value is -6.55. The van der Waals surface area contributed by atoms with Gasteiger partial charge in [-0.25, -0.2) is 9.69 Å². The summed E-state index contributed by atoms with van der Waals surface area (Å²) in [5.41, 5.74) is 6.92. The Balaban J connectivity index is 1.18. The lowest BCUT2D eigenvalue weighted by Gasteiger charge is -2.44. The fraction of sp³-hybridized carbons (Fsp3) is 0.167. The molecule has 5 aromatic rings. The predicted molar refractivity (Wildman–Crippen MR) is 197 cm³/mol. The molecule has 3 aliphatic heterocycles. The highest BCUT2D eigenvalue weighted by molar-refractivity contribution is 6.39. The number of nitro benzene ring substituents is 1. The van der Waals surface area contributed by atoms with E-state index in [1.54, 1.807) is 36.4 Å². The maximum Gasteiger partial charge on any atom is 0.335 e. The SMILES string of the molecule is O=C1NC(=O)N(c2cc3c4c(c2)[C@H](c2ccccc2)CCN4CC[C@@H]3c2ccccc2)C(=O)/C1=C/c1ccccc1OCc1ccc([N+](=O)[O-])cc1. The molecule has 52 heavy (non-hydrogen) atoms. The van der Waals surface area contributed by atoms with Crippen molar-refractivity contribution in [3.05, 3.63) is 170 Å². The van der Waals surface area contributed by atoms with Crippen LogP contribution in [0.25, 0.3) is 6.08 Å². The van der Waals surface area contributed by atoms with Crippen LogP contribution in [0.1, 0.15) is 58.1 Å². The van der Waals surface area contributed by atoms with Gasteiger partial charge in [-0.05, 0) is 77.1 Å². The number of nitrogens with one attached hydrogen (secondary N) is 1. The Labute approximate surface area is 300 Å². The Kier molecular flexibility index (Phi) is 8.56. The summed E-state index contributed by atoms with van der Waals surface area (Å²) in [5, 5.41) is 13.5. The maximum absolute atomic E-state index is 14.3. The molecule has 5 aromatic carbocycles. The van der Waals surface area contributed by atoms with Crippen molar-refractivity contribution < 1.29 is 24.0 Å². The molecule has 0 spiro atoms. The van der Waals surface area contributed by atoms with Crippen molar-refractivity contribution in [2.45, 2.75) is 31.3 Å². The first-order valence-corrected chi connectivity index (χ1v) is 17.2. The van der Waals surface area contributed by atoms with Crippen LogP contribution in [0.5, 0.6) is 5.75 Å². The first kappa shape index (κ1) is 32.6. The van der Waals surface area contributed by atoms with Crippen LogP contribution in [0.15, 0.2) is 127 Å². The Bertz CT molecular complexity index is 2160. The van der Waals surface area contributed by atoms with Crippen molar-refractivity contribution in [3.8, 4) is 5.75 Å². The van der Waals surface area contributed by atoms with Crippen molar-refractivity contribution in [1.29, 1.82) is 0 Å². The van der Waals surface area contributed by atoms with Gasteiger partial charge in [0, 0.05) is 48.3 Å². The molecule has 10 heteroatoms. The van der Waals surface area contributed by atoms with Crippen molar-refractivity contribution >= 4 is 41.0 Å². The number of rotatable bonds is 8. The van der Waals surface area contributed by atoms with Crippen LogP contribution in [0.3, 0.4) is 0 Å². The lowest BCUT2D eigenvalue weighted by molar-refractivity contribution is -0.384. The number of carbonyl (C=O) groups is 3. The van der Waals surface area contributed by atoms with Crippen LogP contribution in [-0.4, -0.2) is 35.9 Å². The second-order valence-electron chi connectivity index (χ2n) is 13.2. The summed E-state index contributed by atoms with van der Waals surface area (Å²) in [6.07, 6.45) is 3.21. The average molecular weight is 691 g/mol. The van der Waals surface area contributed by atoms with E-state index >= 15 is 0 Å². The topological polar surface area (TPSA) is 122 Å². The van der Waals surface area contributed by atoms with Gasteiger partial charge in [0.2, 0.25) is 0 Å². The largest absolute Gasteiger partial charge is 0.488 e. The molecule has 3 heterocycles. The van der Waals surface area contributed by atoms with Gasteiger partial charge in [0.05, 0.1) is 10.6 Å². The second-order valence-corrected chi connectivity index (χ2v) is 13.2. The molecule has 1 fully saturated rings. The van der Waals surface area contributed by atoms with Crippen LogP contribution in [0.2, 0.25) is 0 Å². The Morgan fingerprint density at radius 3 is 1.94 bits per heavy atom. The molecule has 3 aliphatic rings. The lowest BCUT2D eigenvalue weighted by Crippen LogP contribution is -2.54. The van der Waals surface area contributed by atoms with Crippen LogP contribution in [0.4, 0.5) is 21.9 Å². The lowest BCUT2D eigenvalue weighted by atomic mass is 9.76. The summed E-state index contributed by atoms with van der Waals surface area (Å²) in [6.45, 7) is 1.90. The number of anilines is 2. The summed E-state index contributed by atoms with van der Waals surface area (Å²) in [6, 6.07) is 36.6. The maximum atomic E-state index is 14.3. The number of carbonyl (C=O) groups excluding carboxylic acids is 3. The van der Waals surface area contributed by atoms with Gasteiger partial charge in [-0.1, -0.05) is 78.9 Å². The number of nitro groups is 1. The van der Waals surface area contributed by atoms with Gasteiger partial charge in [-0.15, -0.1) is 0 Å². The number of hydrogen-bond donors (Lipinski definition) is 1. The number of amides is 4. The Morgan fingerprint density at radius 2 is 1.35 bits per heavy atom. The van der Waals surface area contributed by atoms with Gasteiger partial charge >= 0.3 is 6.03 Å². The zero-order chi connectivity index (χ0) is 35.8. The fourth-order valence-corrected chi connectivity index (χ4v) is 7.62. The number of para-hydroxylation sites is 1. The zero-order valence-electron chi connectivity index (χ0n) is 28.1. The van der Waals surface area contributed by atoms with E-state index in [1.165, 1.54) is 29.3 Å². The molecular weight excluding hydrogens is 656 g/mol. The summed E-state index contributed by atoms with van der Waals surface area (Å²) in [5.74, 6) is -1.03. The van der Waals surface area contributed by atoms with Gasteiger partial charge in [-0.3, -0.25) is 25.0 Å². The fourth-order valence-electron chi connectivity index (χ4n) is 7.62. The molecule has 0 saturated carbocycles. The molecular formula is C42H34N4O6. The molecule has 1 saturated heterocycles. The first-order chi connectivity index (χ1) is 25.4. The molecule has 0 bridgehead atoms. The highest BCUT2D eigenvalue weighted by Crippen LogP contribution is 2.50. The molecule has 0 radical (unpaired) electrons. The molecule has 10 nitrogen and oxygen atoms in total. The van der Waals surface area contributed by atoms with E-state index in [0.717, 1.165) is 47.6 Å². The smallest absolute Gasteiger partial charge is 0.335 e. The number of imide groups is 2. The third kappa shape index (κ3) is 6.08. The monoisotopic (exact) mass is 690 g/mol. The van der Waals surface area contributed by atoms with E-state index in [2.05, 4.69) is 34.5 Å². The van der Waals surface area contributed by atoms with E-state index in [0.29, 0.717) is 22.6 Å². The van der Waals surface area contributed by atoms with Gasteiger partial charge in [-0.2, -0.15) is 0 Å². The van der Waals surface area contributed by atoms with Crippen LogP contribution in [0, 0.1) is 10.1 Å². The zero-order valence-corrected chi connectivity index (χ0v) is 28.1. The Morgan fingerprint density at radius 1 is 0.769 bits per heavy atom. The molecule has 0 aromatic heterocycles. The number of barbiturate groups is 1. The molecule has 4 amide bonds. The van der Waals surface area contributed by atoms with E-state index in [-0.39, 0.29) is 29.7 Å². The number of ether oxygens (including phenoxy) is 1. The number of nitrogens with zero attached hydrogens (tertiary/aromatic N) is 3. The van der Waals surface area contributed by atoms with Gasteiger partial charge in [0.1, 0.15) is 17.9 Å². The van der Waals surface area contributed by atoms with Crippen LogP contribution in [-0.2, 0) is 16.2 Å². The summed E-state index contributed by atoms with van der Waals surface area (Å²) >= 11 is 0. The van der Waals surface area contributed by atoms with Gasteiger partial charge in [0.15, 0.2) is 0 Å². The van der Waals surface area contributed by atoms with Crippen LogP contribution < -0.4 is 19.9 Å². The minimum atomic E-state index is -0.807. The van der Waals surface area contributed by atoms with E-state index < -0.39 is 22.8 Å². The normalized spacial score (nSPS) is 18.9. The highest BCUT2D eigenvalue weighted by Gasteiger charge is 2.40. The minimum Gasteiger partial charge on any atom is -0.488 e. The standard InChI is InChI=1S/C42H34N4O6/c47-40-37(23-30-13-7-8-14-38(30)52-26-27-15-17-31(18-16-27)46(50)51)41(48)45(42(49)43-40)32-24-35-33(28-9-3-1-4-10-28)19-21-44-22-20-34(36(25-32)39(35)44)29-11-5-2-6-12-29/h1-18,23-25,33-34H,19-22,26H2,(H,43,47,49)/b37-23+/t33-,34+. The molecule has 0 unspecified atom stereocenters. The summed E-state index contributed by atoms with van der Waals surface area (Å²) in [4.78, 5) is 55.4. The molecule has 8 rings (SSSR count). The minimum absolute atomic E-state index is 0.0264. The summed E-state index contributed by atoms with van der Waals surface area (Å²) in [7, 11) is 0. The quantitative estimate of drug-likeness (QED) is 0.0766. The van der Waals surface area contributed by atoms with E-state index in [1.807, 2.05) is 48.5 Å². The molecule has 0 aliphatic carbocycles. The summed E-state index contributed by atoms with van der Waals surface area (Å²) < 4.78 is 6.04. The van der Waals surface area contributed by atoms with Gasteiger partial charge < -0.3 is 9.64 Å². The third-order valence-corrected chi connectivity index (χ3v) is 10.1. The number of benzene rings is 5. The van der Waals surface area contributed by atoms with Crippen molar-refractivity contribution in [1.82, 2.24) is 5.32 Å². The van der Waals surface area contributed by atoms with Crippen molar-refractivity contribution in [3.63, 3.8) is 0 Å².